The minimum atomic E-state index is -4.37. The molecule has 0 radical (unpaired) electrons. The van der Waals surface area contributed by atoms with Crippen LogP contribution in [0.15, 0.2) is 54.7 Å². The summed E-state index contributed by atoms with van der Waals surface area (Å²) in [6.07, 6.45) is -2.53. The van der Waals surface area contributed by atoms with Crippen molar-refractivity contribution in [1.82, 2.24) is 9.55 Å². The van der Waals surface area contributed by atoms with Gasteiger partial charge in [-0.3, -0.25) is 0 Å². The van der Waals surface area contributed by atoms with Crippen molar-refractivity contribution in [3.63, 3.8) is 0 Å². The Hall–Kier alpha value is -3.33. The van der Waals surface area contributed by atoms with Gasteiger partial charge in [0.25, 0.3) is 0 Å². The summed E-state index contributed by atoms with van der Waals surface area (Å²) in [6, 6.07) is 12.0. The van der Waals surface area contributed by atoms with Crippen LogP contribution in [0.4, 0.5) is 13.2 Å². The SMILES string of the molecule is Cc1nc(-c2ccc(C(F)(F)F)cc2)sc1COc1cccc2c1ccn2C(C)C(=O)OC(C)(C)C. The Bertz CT molecular complexity index is 1380. The second kappa shape index (κ2) is 9.61. The van der Waals surface area contributed by atoms with Gasteiger partial charge in [0.1, 0.15) is 29.0 Å². The van der Waals surface area contributed by atoms with Gasteiger partial charge in [0, 0.05) is 17.1 Å². The summed E-state index contributed by atoms with van der Waals surface area (Å²) in [5.41, 5.74) is 0.964. The fourth-order valence-electron chi connectivity index (χ4n) is 3.75. The fourth-order valence-corrected chi connectivity index (χ4v) is 4.74. The third kappa shape index (κ3) is 5.56. The van der Waals surface area contributed by atoms with Gasteiger partial charge >= 0.3 is 12.1 Å². The first-order valence-corrected chi connectivity index (χ1v) is 12.2. The Morgan fingerprint density at radius 3 is 2.42 bits per heavy atom. The lowest BCUT2D eigenvalue weighted by Gasteiger charge is -2.23. The van der Waals surface area contributed by atoms with E-state index in [1.54, 1.807) is 6.92 Å². The normalized spacial score (nSPS) is 13.1. The molecule has 2 heterocycles. The highest BCUT2D eigenvalue weighted by atomic mass is 32.1. The van der Waals surface area contributed by atoms with Crippen LogP contribution in [0, 0.1) is 6.92 Å². The number of ether oxygens (including phenoxy) is 2. The van der Waals surface area contributed by atoms with Gasteiger partial charge in [0.05, 0.1) is 21.7 Å². The first-order valence-electron chi connectivity index (χ1n) is 11.4. The molecular formula is C27H27F3N2O3S. The summed E-state index contributed by atoms with van der Waals surface area (Å²) in [4.78, 5) is 18.0. The van der Waals surface area contributed by atoms with Crippen LogP contribution in [0.25, 0.3) is 21.5 Å². The van der Waals surface area contributed by atoms with E-state index in [1.165, 1.54) is 23.5 Å². The van der Waals surface area contributed by atoms with Gasteiger partial charge in [-0.1, -0.05) is 18.2 Å². The second-order valence-corrected chi connectivity index (χ2v) is 10.6. The predicted molar refractivity (Wildman–Crippen MR) is 134 cm³/mol. The number of esters is 1. The molecule has 4 aromatic rings. The van der Waals surface area contributed by atoms with Crippen molar-refractivity contribution in [3.8, 4) is 16.3 Å². The van der Waals surface area contributed by atoms with Crippen LogP contribution in [0.2, 0.25) is 0 Å². The molecule has 2 aromatic heterocycles. The standard InChI is InChI=1S/C27H27F3N2O3S/c1-16-23(36-24(31-16)18-9-11-19(12-10-18)27(28,29)30)15-34-22-8-6-7-21-20(22)13-14-32(21)17(2)25(33)35-26(3,4)5/h6-14,17H,15H2,1-5H3. The molecule has 0 spiro atoms. The molecular weight excluding hydrogens is 489 g/mol. The van der Waals surface area contributed by atoms with E-state index in [1.807, 2.05) is 62.7 Å². The number of hydrogen-bond acceptors (Lipinski definition) is 5. The molecule has 0 fully saturated rings. The van der Waals surface area contributed by atoms with E-state index >= 15 is 0 Å². The van der Waals surface area contributed by atoms with E-state index in [-0.39, 0.29) is 12.6 Å². The van der Waals surface area contributed by atoms with Gasteiger partial charge in [0.2, 0.25) is 0 Å². The van der Waals surface area contributed by atoms with Crippen LogP contribution in [-0.4, -0.2) is 21.1 Å². The molecule has 0 aliphatic heterocycles. The molecule has 9 heteroatoms. The summed E-state index contributed by atoms with van der Waals surface area (Å²) < 4.78 is 52.1. The number of nitrogens with zero attached hydrogens (tertiary/aromatic N) is 2. The van der Waals surface area contributed by atoms with E-state index in [2.05, 4.69) is 4.98 Å². The highest BCUT2D eigenvalue weighted by Gasteiger charge is 2.30. The lowest BCUT2D eigenvalue weighted by atomic mass is 10.1. The Kier molecular flexibility index (Phi) is 6.88. The van der Waals surface area contributed by atoms with Gasteiger partial charge in [-0.15, -0.1) is 11.3 Å². The highest BCUT2D eigenvalue weighted by Crippen LogP contribution is 2.34. The fraction of sp³-hybridized carbons (Fsp3) is 0.333. The predicted octanol–water partition coefficient (Wildman–Crippen LogP) is 7.57. The van der Waals surface area contributed by atoms with Crippen LogP contribution >= 0.6 is 11.3 Å². The summed E-state index contributed by atoms with van der Waals surface area (Å²) in [5, 5.41) is 1.49. The first kappa shape index (κ1) is 25.8. The van der Waals surface area contributed by atoms with Gasteiger partial charge in [-0.25, -0.2) is 9.78 Å². The lowest BCUT2D eigenvalue weighted by Crippen LogP contribution is -2.28. The van der Waals surface area contributed by atoms with E-state index in [0.29, 0.717) is 16.3 Å². The number of alkyl halides is 3. The summed E-state index contributed by atoms with van der Waals surface area (Å²) in [6.45, 7) is 9.41. The summed E-state index contributed by atoms with van der Waals surface area (Å²) in [7, 11) is 0. The van der Waals surface area contributed by atoms with Gasteiger partial charge in [0.15, 0.2) is 0 Å². The van der Waals surface area contributed by atoms with E-state index < -0.39 is 23.4 Å². The molecule has 1 atom stereocenters. The van der Waals surface area contributed by atoms with Crippen molar-refractivity contribution in [2.24, 2.45) is 0 Å². The van der Waals surface area contributed by atoms with Crippen LogP contribution in [0.1, 0.15) is 49.9 Å². The van der Waals surface area contributed by atoms with Crippen LogP contribution in [-0.2, 0) is 22.3 Å². The maximum atomic E-state index is 12.9. The lowest BCUT2D eigenvalue weighted by molar-refractivity contribution is -0.158. The zero-order chi connectivity index (χ0) is 26.3. The summed E-state index contributed by atoms with van der Waals surface area (Å²) >= 11 is 1.39. The number of benzene rings is 2. The molecule has 0 saturated heterocycles. The zero-order valence-corrected chi connectivity index (χ0v) is 21.5. The van der Waals surface area contributed by atoms with Gasteiger partial charge in [-0.05, 0) is 65.0 Å². The Morgan fingerprint density at radius 2 is 1.78 bits per heavy atom. The van der Waals surface area contributed by atoms with Crippen molar-refractivity contribution in [1.29, 1.82) is 0 Å². The number of rotatable bonds is 6. The van der Waals surface area contributed by atoms with Crippen molar-refractivity contribution >= 4 is 28.2 Å². The van der Waals surface area contributed by atoms with E-state index in [4.69, 9.17) is 9.47 Å². The Balaban J connectivity index is 1.52. The maximum absolute atomic E-state index is 12.9. The van der Waals surface area contributed by atoms with Crippen molar-refractivity contribution < 1.29 is 27.4 Å². The topological polar surface area (TPSA) is 53.4 Å². The molecule has 0 amide bonds. The van der Waals surface area contributed by atoms with Gasteiger partial charge < -0.3 is 14.0 Å². The summed E-state index contributed by atoms with van der Waals surface area (Å²) in [5.74, 6) is 0.342. The molecule has 0 N–H and O–H groups in total. The number of halogens is 3. The third-order valence-corrected chi connectivity index (χ3v) is 6.78. The quantitative estimate of drug-likeness (QED) is 0.248. The molecule has 2 aromatic carbocycles. The molecule has 0 bridgehead atoms. The van der Waals surface area contributed by atoms with E-state index in [9.17, 15) is 18.0 Å². The number of carbonyl (C=O) groups is 1. The number of carbonyl (C=O) groups excluding carboxylic acids is 1. The highest BCUT2D eigenvalue weighted by molar-refractivity contribution is 7.15. The maximum Gasteiger partial charge on any atom is 0.416 e. The van der Waals surface area contributed by atoms with Crippen LogP contribution in [0.3, 0.4) is 0 Å². The van der Waals surface area contributed by atoms with Crippen molar-refractivity contribution in [3.05, 3.63) is 70.9 Å². The van der Waals surface area contributed by atoms with Crippen molar-refractivity contribution in [2.75, 3.05) is 0 Å². The molecule has 1 unspecified atom stereocenters. The molecule has 4 rings (SSSR count). The molecule has 190 valence electrons. The first-order chi connectivity index (χ1) is 16.8. The number of fused-ring (bicyclic) bond motifs is 1. The van der Waals surface area contributed by atoms with Crippen LogP contribution < -0.4 is 4.74 Å². The molecule has 0 aliphatic rings. The third-order valence-electron chi connectivity index (χ3n) is 5.60. The van der Waals surface area contributed by atoms with E-state index in [0.717, 1.165) is 33.6 Å². The molecule has 0 aliphatic carbocycles. The minimum absolute atomic E-state index is 0.260. The number of aryl methyl sites for hydroxylation is 1. The Morgan fingerprint density at radius 1 is 1.08 bits per heavy atom. The average Bonchev–Trinajstić information content (AvgIpc) is 3.39. The number of aromatic nitrogens is 2. The monoisotopic (exact) mass is 516 g/mol. The number of hydrogen-bond donors (Lipinski definition) is 0. The molecule has 36 heavy (non-hydrogen) atoms. The van der Waals surface area contributed by atoms with Crippen molar-refractivity contribution in [2.45, 2.75) is 59.0 Å². The van der Waals surface area contributed by atoms with Crippen LogP contribution in [0.5, 0.6) is 5.75 Å². The second-order valence-electron chi connectivity index (χ2n) is 9.51. The largest absolute Gasteiger partial charge is 0.487 e. The number of thiazole rings is 1. The molecule has 0 saturated carbocycles. The average molecular weight is 517 g/mol. The minimum Gasteiger partial charge on any atom is -0.487 e. The zero-order valence-electron chi connectivity index (χ0n) is 20.6. The molecule has 5 nitrogen and oxygen atoms in total. The van der Waals surface area contributed by atoms with Gasteiger partial charge in [-0.2, -0.15) is 13.2 Å². The Labute approximate surface area is 211 Å². The smallest absolute Gasteiger partial charge is 0.416 e.